The Morgan fingerprint density at radius 1 is 0.968 bits per heavy atom. The molecule has 3 N–H and O–H groups in total. The maximum absolute atomic E-state index is 12.5. The highest BCUT2D eigenvalue weighted by molar-refractivity contribution is 7.89. The lowest BCUT2D eigenvalue weighted by molar-refractivity contribution is 0.0951. The third-order valence-electron chi connectivity index (χ3n) is 5.04. The lowest BCUT2D eigenvalue weighted by Crippen LogP contribution is -2.30. The van der Waals surface area contributed by atoms with Crippen LogP contribution in [-0.2, 0) is 16.6 Å². The van der Waals surface area contributed by atoms with Gasteiger partial charge >= 0.3 is 6.03 Å². The average molecular weight is 445 g/mol. The second-order valence-corrected chi connectivity index (χ2v) is 9.30. The van der Waals surface area contributed by atoms with Gasteiger partial charge < -0.3 is 16.0 Å². The fourth-order valence-electron chi connectivity index (χ4n) is 3.06. The van der Waals surface area contributed by atoms with Crippen LogP contribution in [0.25, 0.3) is 0 Å². The number of amides is 3. The van der Waals surface area contributed by atoms with Crippen molar-refractivity contribution in [3.63, 3.8) is 0 Å². The summed E-state index contributed by atoms with van der Waals surface area (Å²) in [6.07, 6.45) is 2.03. The molecule has 0 atom stereocenters. The second-order valence-electron chi connectivity index (χ2n) is 7.37. The fraction of sp³-hybridized carbons (Fsp3) is 0.364. The molecule has 1 fully saturated rings. The summed E-state index contributed by atoms with van der Waals surface area (Å²) in [5.41, 5.74) is 1.87. The predicted octanol–water partition coefficient (Wildman–Crippen LogP) is 2.93. The number of nitrogens with one attached hydrogen (secondary N) is 3. The van der Waals surface area contributed by atoms with E-state index in [2.05, 4.69) is 16.0 Å². The molecule has 0 heterocycles. The Labute approximate surface area is 183 Å². The van der Waals surface area contributed by atoms with E-state index in [0.717, 1.165) is 18.4 Å². The SMILES string of the molecule is CCN(CC)S(=O)(=O)c1ccc(CNC(=O)c2ccc(NC(=O)NC3CC3)cc2)cc1. The van der Waals surface area contributed by atoms with Crippen molar-refractivity contribution in [2.24, 2.45) is 0 Å². The molecule has 2 aromatic rings. The summed E-state index contributed by atoms with van der Waals surface area (Å²) in [5.74, 6) is -0.256. The molecule has 0 saturated heterocycles. The van der Waals surface area contributed by atoms with Crippen LogP contribution in [0.2, 0.25) is 0 Å². The zero-order valence-electron chi connectivity index (χ0n) is 17.7. The van der Waals surface area contributed by atoms with Gasteiger partial charge in [0.1, 0.15) is 0 Å². The van der Waals surface area contributed by atoms with Gasteiger partial charge in [-0.1, -0.05) is 26.0 Å². The third kappa shape index (κ3) is 6.05. The molecule has 0 aromatic heterocycles. The van der Waals surface area contributed by atoms with Gasteiger partial charge in [-0.3, -0.25) is 4.79 Å². The first kappa shape index (κ1) is 22.8. The number of rotatable bonds is 9. The van der Waals surface area contributed by atoms with Crippen LogP contribution < -0.4 is 16.0 Å². The minimum atomic E-state index is -3.50. The van der Waals surface area contributed by atoms with Gasteiger partial charge in [-0.2, -0.15) is 4.31 Å². The van der Waals surface area contributed by atoms with Crippen LogP contribution in [0, 0.1) is 0 Å². The summed E-state index contributed by atoms with van der Waals surface area (Å²) in [4.78, 5) is 24.4. The largest absolute Gasteiger partial charge is 0.348 e. The third-order valence-corrected chi connectivity index (χ3v) is 7.10. The quantitative estimate of drug-likeness (QED) is 0.553. The molecular weight excluding hydrogens is 416 g/mol. The summed E-state index contributed by atoms with van der Waals surface area (Å²) in [7, 11) is -3.50. The van der Waals surface area contributed by atoms with Crippen molar-refractivity contribution >= 4 is 27.6 Å². The molecule has 2 aromatic carbocycles. The van der Waals surface area contributed by atoms with E-state index in [-0.39, 0.29) is 29.4 Å². The van der Waals surface area contributed by atoms with Crippen LogP contribution >= 0.6 is 0 Å². The van der Waals surface area contributed by atoms with Gasteiger partial charge in [0.15, 0.2) is 0 Å². The Morgan fingerprint density at radius 3 is 2.13 bits per heavy atom. The highest BCUT2D eigenvalue weighted by Crippen LogP contribution is 2.19. The molecule has 8 nitrogen and oxygen atoms in total. The molecule has 9 heteroatoms. The first-order chi connectivity index (χ1) is 14.8. The number of carbonyl (C=O) groups excluding carboxylic acids is 2. The maximum atomic E-state index is 12.5. The maximum Gasteiger partial charge on any atom is 0.319 e. The normalized spacial score (nSPS) is 13.6. The number of urea groups is 1. The van der Waals surface area contributed by atoms with Crippen molar-refractivity contribution in [2.45, 2.75) is 44.2 Å². The van der Waals surface area contributed by atoms with Gasteiger partial charge in [0.2, 0.25) is 10.0 Å². The molecule has 0 radical (unpaired) electrons. The molecule has 31 heavy (non-hydrogen) atoms. The van der Waals surface area contributed by atoms with E-state index in [4.69, 9.17) is 0 Å². The van der Waals surface area contributed by atoms with E-state index >= 15 is 0 Å². The Morgan fingerprint density at radius 2 is 1.58 bits per heavy atom. The van der Waals surface area contributed by atoms with Crippen LogP contribution in [0.1, 0.15) is 42.6 Å². The van der Waals surface area contributed by atoms with Gasteiger partial charge in [-0.25, -0.2) is 13.2 Å². The molecule has 3 amide bonds. The molecule has 0 bridgehead atoms. The van der Waals surface area contributed by atoms with Crippen molar-refractivity contribution in [1.29, 1.82) is 0 Å². The average Bonchev–Trinajstić information content (AvgIpc) is 3.57. The number of sulfonamides is 1. The van der Waals surface area contributed by atoms with Crippen molar-refractivity contribution in [1.82, 2.24) is 14.9 Å². The molecular formula is C22H28N4O4S. The summed E-state index contributed by atoms with van der Waals surface area (Å²) in [6.45, 7) is 4.70. The molecule has 1 aliphatic carbocycles. The smallest absolute Gasteiger partial charge is 0.319 e. The topological polar surface area (TPSA) is 108 Å². The number of anilines is 1. The Kier molecular flexibility index (Phi) is 7.29. The molecule has 0 unspecified atom stereocenters. The predicted molar refractivity (Wildman–Crippen MR) is 119 cm³/mol. The van der Waals surface area contributed by atoms with Gasteiger partial charge in [0, 0.05) is 36.9 Å². The molecule has 1 saturated carbocycles. The van der Waals surface area contributed by atoms with E-state index in [0.29, 0.717) is 24.3 Å². The highest BCUT2D eigenvalue weighted by Gasteiger charge is 2.23. The van der Waals surface area contributed by atoms with Crippen LogP contribution in [0.3, 0.4) is 0 Å². The molecule has 0 aliphatic heterocycles. The summed E-state index contributed by atoms with van der Waals surface area (Å²) in [6, 6.07) is 13.2. The number of hydrogen-bond acceptors (Lipinski definition) is 4. The monoisotopic (exact) mass is 444 g/mol. The second kappa shape index (κ2) is 9.93. The first-order valence-corrected chi connectivity index (χ1v) is 11.8. The number of hydrogen-bond donors (Lipinski definition) is 3. The number of carbonyl (C=O) groups is 2. The standard InChI is InChI=1S/C22H28N4O4S/c1-3-26(4-2)31(29,30)20-13-5-16(6-14-20)15-23-21(27)17-7-9-18(10-8-17)24-22(28)25-19-11-12-19/h5-10,13-14,19H,3-4,11-12,15H2,1-2H3,(H,23,27)(H2,24,25,28). The number of nitrogens with zero attached hydrogens (tertiary/aromatic N) is 1. The van der Waals surface area contributed by atoms with Crippen LogP contribution in [-0.4, -0.2) is 43.8 Å². The van der Waals surface area contributed by atoms with E-state index < -0.39 is 10.0 Å². The van der Waals surface area contributed by atoms with Crippen LogP contribution in [0.4, 0.5) is 10.5 Å². The molecule has 166 valence electrons. The van der Waals surface area contributed by atoms with Crippen molar-refractivity contribution in [2.75, 3.05) is 18.4 Å². The minimum Gasteiger partial charge on any atom is -0.348 e. The lowest BCUT2D eigenvalue weighted by atomic mass is 10.1. The van der Waals surface area contributed by atoms with E-state index in [1.807, 2.05) is 0 Å². The summed E-state index contributed by atoms with van der Waals surface area (Å²) < 4.78 is 26.5. The van der Waals surface area contributed by atoms with Crippen molar-refractivity contribution < 1.29 is 18.0 Å². The Balaban J connectivity index is 1.53. The Bertz CT molecular complexity index is 1010. The minimum absolute atomic E-state index is 0.236. The zero-order chi connectivity index (χ0) is 22.4. The first-order valence-electron chi connectivity index (χ1n) is 10.4. The molecule has 3 rings (SSSR count). The summed E-state index contributed by atoms with van der Waals surface area (Å²) in [5, 5.41) is 8.39. The van der Waals surface area contributed by atoms with E-state index in [9.17, 15) is 18.0 Å². The lowest BCUT2D eigenvalue weighted by Gasteiger charge is -2.18. The molecule has 0 spiro atoms. The van der Waals surface area contributed by atoms with E-state index in [1.165, 1.54) is 4.31 Å². The Hall–Kier alpha value is -2.91. The van der Waals surface area contributed by atoms with Crippen LogP contribution in [0.5, 0.6) is 0 Å². The van der Waals surface area contributed by atoms with Gasteiger partial charge in [-0.05, 0) is 54.8 Å². The van der Waals surface area contributed by atoms with Gasteiger partial charge in [0.25, 0.3) is 5.91 Å². The van der Waals surface area contributed by atoms with Gasteiger partial charge in [0.05, 0.1) is 4.90 Å². The zero-order valence-corrected chi connectivity index (χ0v) is 18.5. The van der Waals surface area contributed by atoms with E-state index in [1.54, 1.807) is 62.4 Å². The summed E-state index contributed by atoms with van der Waals surface area (Å²) >= 11 is 0. The fourth-order valence-corrected chi connectivity index (χ4v) is 4.52. The number of benzene rings is 2. The highest BCUT2D eigenvalue weighted by atomic mass is 32.2. The van der Waals surface area contributed by atoms with Crippen molar-refractivity contribution in [3.05, 3.63) is 59.7 Å². The van der Waals surface area contributed by atoms with Crippen molar-refractivity contribution in [3.8, 4) is 0 Å². The molecule has 1 aliphatic rings. The van der Waals surface area contributed by atoms with Gasteiger partial charge in [-0.15, -0.1) is 0 Å². The van der Waals surface area contributed by atoms with Crippen LogP contribution in [0.15, 0.2) is 53.4 Å².